The van der Waals surface area contributed by atoms with Crippen LogP contribution in [0.3, 0.4) is 0 Å². The number of hydrogen-bond acceptors (Lipinski definition) is 1. The third-order valence-corrected chi connectivity index (χ3v) is 2.47. The average Bonchev–Trinajstić information content (AvgIpc) is 2.21. The molecule has 0 bridgehead atoms. The molecule has 0 heterocycles. The topological polar surface area (TPSA) is 23.8 Å². The van der Waals surface area contributed by atoms with Gasteiger partial charge in [-0.15, -0.1) is 0 Å². The molecule has 0 aliphatic heterocycles. The van der Waals surface area contributed by atoms with Gasteiger partial charge in [-0.25, -0.2) is 8.78 Å². The van der Waals surface area contributed by atoms with Crippen molar-refractivity contribution in [2.24, 2.45) is 0 Å². The molecule has 0 saturated carbocycles. The van der Waals surface area contributed by atoms with Gasteiger partial charge in [0, 0.05) is 17.2 Å². The monoisotopic (exact) mass is 227 g/mol. The minimum atomic E-state index is -0.766. The van der Waals surface area contributed by atoms with Crippen LogP contribution in [0.2, 0.25) is 0 Å². The van der Waals surface area contributed by atoms with Crippen molar-refractivity contribution >= 4 is 16.6 Å². The second-order valence-corrected chi connectivity index (χ2v) is 3.51. The Morgan fingerprint density at radius 1 is 1.33 bits per heavy atom. The largest absolute Gasteiger partial charge is 0.207 e. The minimum Gasteiger partial charge on any atom is -0.207 e. The SMILES string of the molecule is C/C(C#N)=C(/Cl)c1cc(C)c(F)cc1F. The molecule has 1 aromatic rings. The molecule has 0 aromatic heterocycles. The third kappa shape index (κ3) is 2.34. The Labute approximate surface area is 91.6 Å². The van der Waals surface area contributed by atoms with E-state index in [1.54, 1.807) is 0 Å². The van der Waals surface area contributed by atoms with Crippen LogP contribution in [-0.2, 0) is 0 Å². The van der Waals surface area contributed by atoms with Gasteiger partial charge in [0.25, 0.3) is 0 Å². The fourth-order valence-electron chi connectivity index (χ4n) is 1.08. The number of nitriles is 1. The van der Waals surface area contributed by atoms with Crippen LogP contribution in [-0.4, -0.2) is 0 Å². The molecule has 0 fully saturated rings. The maximum Gasteiger partial charge on any atom is 0.134 e. The maximum atomic E-state index is 13.3. The van der Waals surface area contributed by atoms with Crippen LogP contribution in [0, 0.1) is 29.9 Å². The molecule has 1 aromatic carbocycles. The Morgan fingerprint density at radius 2 is 1.93 bits per heavy atom. The summed E-state index contributed by atoms with van der Waals surface area (Å²) in [7, 11) is 0. The van der Waals surface area contributed by atoms with Gasteiger partial charge in [0.15, 0.2) is 0 Å². The maximum absolute atomic E-state index is 13.3. The lowest BCUT2D eigenvalue weighted by Crippen LogP contribution is -1.92. The van der Waals surface area contributed by atoms with Gasteiger partial charge in [0.2, 0.25) is 0 Å². The molecule has 1 rings (SSSR count). The summed E-state index contributed by atoms with van der Waals surface area (Å²) in [6.07, 6.45) is 0. The third-order valence-electron chi connectivity index (χ3n) is 1.98. The molecule has 0 atom stereocenters. The van der Waals surface area contributed by atoms with E-state index in [0.29, 0.717) is 0 Å². The molecule has 0 amide bonds. The highest BCUT2D eigenvalue weighted by molar-refractivity contribution is 6.49. The fraction of sp³-hybridized carbons (Fsp3) is 0.182. The predicted molar refractivity (Wildman–Crippen MR) is 55.2 cm³/mol. The van der Waals surface area contributed by atoms with E-state index in [4.69, 9.17) is 16.9 Å². The van der Waals surface area contributed by atoms with Crippen LogP contribution in [0.15, 0.2) is 17.7 Å². The Bertz CT molecular complexity index is 472. The van der Waals surface area contributed by atoms with Crippen molar-refractivity contribution in [1.82, 2.24) is 0 Å². The molecule has 78 valence electrons. The van der Waals surface area contributed by atoms with Crippen LogP contribution in [0.4, 0.5) is 8.78 Å². The number of halogens is 3. The zero-order valence-corrected chi connectivity index (χ0v) is 8.99. The highest BCUT2D eigenvalue weighted by atomic mass is 35.5. The van der Waals surface area contributed by atoms with E-state index in [1.807, 2.05) is 6.07 Å². The number of benzene rings is 1. The van der Waals surface area contributed by atoms with Gasteiger partial charge in [0.05, 0.1) is 11.1 Å². The predicted octanol–water partition coefficient (Wildman–Crippen LogP) is 3.77. The van der Waals surface area contributed by atoms with E-state index in [0.717, 1.165) is 6.07 Å². The first-order chi connectivity index (χ1) is 6.97. The molecule has 0 N–H and O–H groups in total. The van der Waals surface area contributed by atoms with Crippen LogP contribution in [0.5, 0.6) is 0 Å². The van der Waals surface area contributed by atoms with E-state index in [1.165, 1.54) is 19.9 Å². The average molecular weight is 228 g/mol. The number of aryl methyl sites for hydroxylation is 1. The molecule has 4 heteroatoms. The van der Waals surface area contributed by atoms with Crippen LogP contribution in [0.1, 0.15) is 18.1 Å². The number of nitrogens with zero attached hydrogens (tertiary/aromatic N) is 1. The number of allylic oxidation sites excluding steroid dienone is 1. The Balaban J connectivity index is 3.41. The number of rotatable bonds is 1. The van der Waals surface area contributed by atoms with Gasteiger partial charge in [-0.1, -0.05) is 11.6 Å². The van der Waals surface area contributed by atoms with Crippen molar-refractivity contribution in [1.29, 1.82) is 5.26 Å². The summed E-state index contributed by atoms with van der Waals surface area (Å²) < 4.78 is 26.3. The normalized spacial score (nSPS) is 12.0. The zero-order chi connectivity index (χ0) is 11.6. The molecule has 0 aliphatic rings. The van der Waals surface area contributed by atoms with Crippen molar-refractivity contribution in [2.75, 3.05) is 0 Å². The van der Waals surface area contributed by atoms with E-state index in [9.17, 15) is 8.78 Å². The van der Waals surface area contributed by atoms with E-state index >= 15 is 0 Å². The van der Waals surface area contributed by atoms with E-state index < -0.39 is 11.6 Å². The summed E-state index contributed by atoms with van der Waals surface area (Å²) >= 11 is 5.78. The second kappa shape index (κ2) is 4.41. The van der Waals surface area contributed by atoms with Gasteiger partial charge in [0.1, 0.15) is 11.6 Å². The summed E-state index contributed by atoms with van der Waals surface area (Å²) in [5, 5.41) is 8.60. The van der Waals surface area contributed by atoms with E-state index in [2.05, 4.69) is 0 Å². The summed E-state index contributed by atoms with van der Waals surface area (Å²) in [5.41, 5.74) is 0.534. The molecular weight excluding hydrogens is 220 g/mol. The Morgan fingerprint density at radius 3 is 2.47 bits per heavy atom. The van der Waals surface area contributed by atoms with Gasteiger partial charge in [-0.05, 0) is 25.5 Å². The zero-order valence-electron chi connectivity index (χ0n) is 8.24. The summed E-state index contributed by atoms with van der Waals surface area (Å²) in [4.78, 5) is 0. The molecule has 0 radical (unpaired) electrons. The van der Waals surface area contributed by atoms with Gasteiger partial charge in [-0.2, -0.15) is 5.26 Å². The van der Waals surface area contributed by atoms with E-state index in [-0.39, 0.29) is 21.7 Å². The first-order valence-corrected chi connectivity index (χ1v) is 4.57. The summed E-state index contributed by atoms with van der Waals surface area (Å²) in [6.45, 7) is 2.98. The molecule has 1 nitrogen and oxygen atoms in total. The van der Waals surface area contributed by atoms with Crippen LogP contribution >= 0.6 is 11.6 Å². The first kappa shape index (κ1) is 11.7. The molecule has 0 spiro atoms. The Kier molecular flexibility index (Phi) is 3.43. The molecule has 0 saturated heterocycles. The smallest absolute Gasteiger partial charge is 0.134 e. The summed E-state index contributed by atoms with van der Waals surface area (Å²) in [5.74, 6) is -1.40. The molecule has 15 heavy (non-hydrogen) atoms. The van der Waals surface area contributed by atoms with Gasteiger partial charge in [-0.3, -0.25) is 0 Å². The highest BCUT2D eigenvalue weighted by Gasteiger charge is 2.11. The lowest BCUT2D eigenvalue weighted by molar-refractivity contribution is 0.575. The number of hydrogen-bond donors (Lipinski definition) is 0. The quantitative estimate of drug-likeness (QED) is 0.670. The molecular formula is C11H8ClF2N. The lowest BCUT2D eigenvalue weighted by Gasteiger charge is -2.05. The second-order valence-electron chi connectivity index (χ2n) is 3.13. The Hall–Kier alpha value is -1.40. The van der Waals surface area contributed by atoms with Crippen molar-refractivity contribution in [3.63, 3.8) is 0 Å². The summed E-state index contributed by atoms with van der Waals surface area (Å²) in [6, 6.07) is 3.86. The van der Waals surface area contributed by atoms with Crippen molar-refractivity contribution in [2.45, 2.75) is 13.8 Å². The lowest BCUT2D eigenvalue weighted by atomic mass is 10.1. The standard InChI is InChI=1S/C11H8ClF2N/c1-6-3-8(10(14)4-9(6)13)11(12)7(2)5-15/h3-4H,1-2H3/b11-7-. The molecule has 0 aliphatic carbocycles. The first-order valence-electron chi connectivity index (χ1n) is 4.20. The molecule has 0 unspecified atom stereocenters. The van der Waals surface area contributed by atoms with Gasteiger partial charge < -0.3 is 0 Å². The van der Waals surface area contributed by atoms with Crippen LogP contribution < -0.4 is 0 Å². The van der Waals surface area contributed by atoms with Crippen LogP contribution in [0.25, 0.3) is 5.03 Å². The fourth-order valence-corrected chi connectivity index (χ4v) is 1.26. The highest BCUT2D eigenvalue weighted by Crippen LogP contribution is 2.27. The van der Waals surface area contributed by atoms with Gasteiger partial charge >= 0.3 is 0 Å². The van der Waals surface area contributed by atoms with Crippen molar-refractivity contribution < 1.29 is 8.78 Å². The van der Waals surface area contributed by atoms with Crippen molar-refractivity contribution in [3.8, 4) is 6.07 Å². The minimum absolute atomic E-state index is 0.0121. The van der Waals surface area contributed by atoms with Crippen molar-refractivity contribution in [3.05, 3.63) is 40.5 Å².